The fourth-order valence-electron chi connectivity index (χ4n) is 1.83. The van der Waals surface area contributed by atoms with Crippen LogP contribution in [0.2, 0.25) is 0 Å². The molecule has 0 fully saturated rings. The highest BCUT2D eigenvalue weighted by Gasteiger charge is 2.15. The van der Waals surface area contributed by atoms with Gasteiger partial charge in [0.15, 0.2) is 0 Å². The Morgan fingerprint density at radius 3 is 2.72 bits per heavy atom. The molecule has 0 aliphatic rings. The van der Waals surface area contributed by atoms with Crippen molar-refractivity contribution in [3.63, 3.8) is 0 Å². The molecule has 2 aromatic rings. The molecule has 0 bridgehead atoms. The maximum atomic E-state index is 12.8. The molecule has 0 aliphatic carbocycles. The summed E-state index contributed by atoms with van der Waals surface area (Å²) in [4.78, 5) is 4.04. The summed E-state index contributed by atoms with van der Waals surface area (Å²) in [5.41, 5.74) is 2.04. The van der Waals surface area contributed by atoms with Crippen molar-refractivity contribution in [3.8, 4) is 0 Å². The number of rotatable bonds is 3. The topological polar surface area (TPSA) is 24.9 Å². The highest BCUT2D eigenvalue weighted by Crippen LogP contribution is 2.33. The van der Waals surface area contributed by atoms with Crippen LogP contribution in [0.25, 0.3) is 10.9 Å². The Labute approximate surface area is 113 Å². The van der Waals surface area contributed by atoms with Gasteiger partial charge in [-0.2, -0.15) is 0 Å². The van der Waals surface area contributed by atoms with E-state index in [9.17, 15) is 8.78 Å². The number of fused-ring (bicyclic) bond motifs is 1. The molecule has 0 aliphatic heterocycles. The number of pyridine rings is 1. The molecule has 1 aromatic heterocycles. The molecular weight excluding hydrogens is 302 g/mol. The molecule has 0 saturated carbocycles. The maximum absolute atomic E-state index is 12.8. The maximum Gasteiger partial charge on any atom is 0.280 e. The van der Waals surface area contributed by atoms with Crippen molar-refractivity contribution in [1.82, 2.24) is 4.98 Å². The van der Waals surface area contributed by atoms with Gasteiger partial charge in [-0.3, -0.25) is 0 Å². The molecule has 2 rings (SSSR count). The molecule has 5 heteroatoms. The summed E-state index contributed by atoms with van der Waals surface area (Å²) in [5.74, 6) is 0. The fraction of sp³-hybridized carbons (Fsp3) is 0.308. The van der Waals surface area contributed by atoms with E-state index >= 15 is 0 Å². The minimum Gasteiger partial charge on any atom is -0.385 e. The number of aromatic nitrogens is 1. The number of hydrogen-bond acceptors (Lipinski definition) is 2. The lowest BCUT2D eigenvalue weighted by molar-refractivity contribution is 0.146. The summed E-state index contributed by atoms with van der Waals surface area (Å²) >= 11 is 3.41. The van der Waals surface area contributed by atoms with Crippen LogP contribution in [0.3, 0.4) is 0 Å². The van der Waals surface area contributed by atoms with Crippen molar-refractivity contribution in [2.75, 3.05) is 11.9 Å². The molecule has 0 spiro atoms. The average molecular weight is 315 g/mol. The monoisotopic (exact) mass is 314 g/mol. The van der Waals surface area contributed by atoms with E-state index in [-0.39, 0.29) is 5.69 Å². The molecule has 1 aromatic carbocycles. The van der Waals surface area contributed by atoms with Crippen LogP contribution in [0.4, 0.5) is 14.5 Å². The molecule has 0 unspecified atom stereocenters. The van der Waals surface area contributed by atoms with Crippen molar-refractivity contribution in [3.05, 3.63) is 33.9 Å². The summed E-state index contributed by atoms with van der Waals surface area (Å²) in [5, 5.41) is 3.94. The van der Waals surface area contributed by atoms with Gasteiger partial charge >= 0.3 is 0 Å². The Morgan fingerprint density at radius 1 is 1.39 bits per heavy atom. The fourth-order valence-corrected chi connectivity index (χ4v) is 2.26. The lowest BCUT2D eigenvalue weighted by Gasteiger charge is -2.12. The van der Waals surface area contributed by atoms with Gasteiger partial charge in [0.25, 0.3) is 6.43 Å². The highest BCUT2D eigenvalue weighted by molar-refractivity contribution is 9.10. The van der Waals surface area contributed by atoms with E-state index in [1.807, 2.05) is 26.0 Å². The number of aryl methyl sites for hydroxylation is 1. The predicted octanol–water partition coefficient (Wildman–Crippen LogP) is 4.68. The normalized spacial score (nSPS) is 11.2. The molecule has 0 amide bonds. The standard InChI is InChI=1S/C13H13BrF2N2/c1-3-17-9-6-10(13(15)16)18-12-8(9)5-4-7(2)11(12)14/h4-6,13H,3H2,1-2H3,(H,17,18). The quantitative estimate of drug-likeness (QED) is 0.890. The molecule has 18 heavy (non-hydrogen) atoms. The Hall–Kier alpha value is -1.23. The number of anilines is 1. The van der Waals surface area contributed by atoms with Gasteiger partial charge in [-0.1, -0.05) is 12.1 Å². The van der Waals surface area contributed by atoms with Crippen LogP contribution < -0.4 is 5.32 Å². The minimum atomic E-state index is -2.57. The van der Waals surface area contributed by atoms with Crippen LogP contribution in [-0.4, -0.2) is 11.5 Å². The van der Waals surface area contributed by atoms with E-state index in [0.717, 1.165) is 15.4 Å². The van der Waals surface area contributed by atoms with Gasteiger partial charge in [-0.25, -0.2) is 13.8 Å². The van der Waals surface area contributed by atoms with E-state index in [1.165, 1.54) is 6.07 Å². The van der Waals surface area contributed by atoms with Crippen LogP contribution in [-0.2, 0) is 0 Å². The van der Waals surface area contributed by atoms with Crippen molar-refractivity contribution in [2.45, 2.75) is 20.3 Å². The van der Waals surface area contributed by atoms with Gasteiger partial charge in [-0.05, 0) is 41.4 Å². The molecule has 96 valence electrons. The van der Waals surface area contributed by atoms with E-state index in [2.05, 4.69) is 26.2 Å². The zero-order valence-corrected chi connectivity index (χ0v) is 11.7. The van der Waals surface area contributed by atoms with E-state index in [4.69, 9.17) is 0 Å². The van der Waals surface area contributed by atoms with Crippen molar-refractivity contribution in [2.24, 2.45) is 0 Å². The van der Waals surface area contributed by atoms with Crippen molar-refractivity contribution in [1.29, 1.82) is 0 Å². The molecule has 2 nitrogen and oxygen atoms in total. The van der Waals surface area contributed by atoms with Gasteiger partial charge in [0.1, 0.15) is 5.69 Å². The minimum absolute atomic E-state index is 0.204. The zero-order chi connectivity index (χ0) is 13.3. The number of benzene rings is 1. The van der Waals surface area contributed by atoms with Crippen LogP contribution in [0.5, 0.6) is 0 Å². The highest BCUT2D eigenvalue weighted by atomic mass is 79.9. The summed E-state index contributed by atoms with van der Waals surface area (Å²) in [7, 11) is 0. The Morgan fingerprint density at radius 2 is 2.11 bits per heavy atom. The number of nitrogens with zero attached hydrogens (tertiary/aromatic N) is 1. The van der Waals surface area contributed by atoms with Crippen LogP contribution in [0.15, 0.2) is 22.7 Å². The van der Waals surface area contributed by atoms with Crippen molar-refractivity contribution >= 4 is 32.5 Å². The van der Waals surface area contributed by atoms with Crippen LogP contribution >= 0.6 is 15.9 Å². The van der Waals surface area contributed by atoms with Crippen LogP contribution in [0, 0.1) is 6.92 Å². The summed E-state index contributed by atoms with van der Waals surface area (Å²) in [6.45, 7) is 4.51. The lowest BCUT2D eigenvalue weighted by atomic mass is 10.1. The SMILES string of the molecule is CCNc1cc(C(F)F)nc2c(Br)c(C)ccc12. The zero-order valence-electron chi connectivity index (χ0n) is 10.1. The first-order valence-corrected chi connectivity index (χ1v) is 6.45. The third-order valence-corrected chi connectivity index (χ3v) is 3.72. The summed E-state index contributed by atoms with van der Waals surface area (Å²) < 4.78 is 26.4. The molecule has 1 N–H and O–H groups in total. The Balaban J connectivity index is 2.77. The van der Waals surface area contributed by atoms with Gasteiger partial charge in [0.05, 0.1) is 5.52 Å². The van der Waals surface area contributed by atoms with Gasteiger partial charge < -0.3 is 5.32 Å². The largest absolute Gasteiger partial charge is 0.385 e. The van der Waals surface area contributed by atoms with Crippen molar-refractivity contribution < 1.29 is 8.78 Å². The predicted molar refractivity (Wildman–Crippen MR) is 73.3 cm³/mol. The third kappa shape index (κ3) is 2.32. The van der Waals surface area contributed by atoms with E-state index in [1.54, 1.807) is 0 Å². The first kappa shape index (κ1) is 13.2. The summed E-state index contributed by atoms with van der Waals surface area (Å²) in [6, 6.07) is 5.25. The number of alkyl halides is 2. The number of halogens is 3. The molecule has 0 radical (unpaired) electrons. The van der Waals surface area contributed by atoms with Gasteiger partial charge in [-0.15, -0.1) is 0 Å². The molecule has 0 saturated heterocycles. The van der Waals surface area contributed by atoms with Crippen LogP contribution in [0.1, 0.15) is 24.6 Å². The van der Waals surface area contributed by atoms with Gasteiger partial charge in [0, 0.05) is 22.1 Å². The second-order valence-electron chi connectivity index (χ2n) is 4.02. The first-order valence-electron chi connectivity index (χ1n) is 5.66. The Kier molecular flexibility index (Phi) is 3.80. The van der Waals surface area contributed by atoms with E-state index < -0.39 is 6.43 Å². The number of nitrogens with one attached hydrogen (secondary N) is 1. The molecular formula is C13H13BrF2N2. The van der Waals surface area contributed by atoms with E-state index in [0.29, 0.717) is 17.7 Å². The first-order chi connectivity index (χ1) is 8.54. The smallest absolute Gasteiger partial charge is 0.280 e. The summed E-state index contributed by atoms with van der Waals surface area (Å²) in [6.07, 6.45) is -2.57. The third-order valence-electron chi connectivity index (χ3n) is 2.72. The second-order valence-corrected chi connectivity index (χ2v) is 4.81. The molecule has 1 heterocycles. The van der Waals surface area contributed by atoms with Gasteiger partial charge in [0.2, 0.25) is 0 Å². The Bertz CT molecular complexity index is 585. The molecule has 0 atom stereocenters. The number of hydrogen-bond donors (Lipinski definition) is 1. The second kappa shape index (κ2) is 5.18. The average Bonchev–Trinajstić information content (AvgIpc) is 2.34. The lowest BCUT2D eigenvalue weighted by Crippen LogP contribution is -2.01.